The Morgan fingerprint density at radius 3 is 2.80 bits per heavy atom. The number of aromatic nitrogens is 1. The highest BCUT2D eigenvalue weighted by Gasteiger charge is 2.33. The molecule has 0 aliphatic carbocycles. The molecule has 25 heavy (non-hydrogen) atoms. The summed E-state index contributed by atoms with van der Waals surface area (Å²) >= 11 is 6.02. The van der Waals surface area contributed by atoms with Crippen LogP contribution in [-0.4, -0.2) is 53.0 Å². The number of carbonyl (C=O) groups excluding carboxylic acids is 1. The van der Waals surface area contributed by atoms with Crippen LogP contribution in [0.3, 0.4) is 0 Å². The molecule has 2 aliphatic heterocycles. The zero-order valence-corrected chi connectivity index (χ0v) is 14.7. The van der Waals surface area contributed by atoms with Crippen molar-refractivity contribution in [2.45, 2.75) is 19.1 Å². The van der Waals surface area contributed by atoms with Crippen LogP contribution in [0.1, 0.15) is 11.3 Å². The third-order valence-corrected chi connectivity index (χ3v) is 5.00. The second-order valence-corrected chi connectivity index (χ2v) is 6.92. The number of carbonyl (C=O) groups is 1. The number of ether oxygens (including phenoxy) is 1. The summed E-state index contributed by atoms with van der Waals surface area (Å²) in [6.45, 7) is 3.99. The zero-order chi connectivity index (χ0) is 17.2. The van der Waals surface area contributed by atoms with Gasteiger partial charge in [-0.25, -0.2) is 0 Å². The van der Waals surface area contributed by atoms with E-state index in [-0.39, 0.29) is 5.91 Å². The molecule has 2 aromatic rings. The zero-order valence-electron chi connectivity index (χ0n) is 13.9. The van der Waals surface area contributed by atoms with Crippen molar-refractivity contribution < 1.29 is 9.53 Å². The summed E-state index contributed by atoms with van der Waals surface area (Å²) in [6, 6.07) is 11.5. The third-order valence-electron chi connectivity index (χ3n) is 4.77. The van der Waals surface area contributed by atoms with E-state index >= 15 is 0 Å². The van der Waals surface area contributed by atoms with Gasteiger partial charge in [0.1, 0.15) is 5.75 Å². The van der Waals surface area contributed by atoms with Crippen molar-refractivity contribution in [3.8, 4) is 5.75 Å². The second-order valence-electron chi connectivity index (χ2n) is 6.49. The van der Waals surface area contributed by atoms with E-state index in [1.165, 1.54) is 0 Å². The van der Waals surface area contributed by atoms with Gasteiger partial charge in [-0.3, -0.25) is 14.7 Å². The summed E-state index contributed by atoms with van der Waals surface area (Å²) in [5, 5.41) is 0.679. The predicted molar refractivity (Wildman–Crippen MR) is 95.7 cm³/mol. The minimum absolute atomic E-state index is 0.0739. The summed E-state index contributed by atoms with van der Waals surface area (Å²) in [5.41, 5.74) is 2.08. The summed E-state index contributed by atoms with van der Waals surface area (Å²) in [5.74, 6) is 0.848. The molecule has 2 aliphatic rings. The van der Waals surface area contributed by atoms with Gasteiger partial charge in [0.2, 0.25) is 0 Å². The molecule has 0 saturated carbocycles. The van der Waals surface area contributed by atoms with E-state index in [1.54, 1.807) is 6.07 Å². The first-order valence-electron chi connectivity index (χ1n) is 8.55. The molecule has 130 valence electrons. The fourth-order valence-electron chi connectivity index (χ4n) is 3.41. The largest absolute Gasteiger partial charge is 0.480 e. The molecule has 0 N–H and O–H groups in total. The molecule has 0 unspecified atom stereocenters. The number of hydrogen-bond acceptors (Lipinski definition) is 4. The van der Waals surface area contributed by atoms with Crippen LogP contribution in [0.5, 0.6) is 5.75 Å². The first kappa shape index (κ1) is 16.4. The van der Waals surface area contributed by atoms with Crippen LogP contribution in [0.4, 0.5) is 0 Å². The first-order chi connectivity index (χ1) is 12.2. The monoisotopic (exact) mass is 357 g/mol. The summed E-state index contributed by atoms with van der Waals surface area (Å²) in [4.78, 5) is 21.4. The summed E-state index contributed by atoms with van der Waals surface area (Å²) in [7, 11) is 0. The maximum absolute atomic E-state index is 12.8. The number of pyridine rings is 1. The maximum atomic E-state index is 12.8. The average Bonchev–Trinajstić information content (AvgIpc) is 3.06. The number of fused-ring (bicyclic) bond motifs is 1. The molecule has 3 heterocycles. The Hall–Kier alpha value is -2.11. The Morgan fingerprint density at radius 1 is 1.20 bits per heavy atom. The van der Waals surface area contributed by atoms with Crippen molar-refractivity contribution >= 4 is 17.5 Å². The Labute approximate surface area is 152 Å². The normalized spacial score (nSPS) is 20.2. The molecule has 0 spiro atoms. The third kappa shape index (κ3) is 3.62. The molecule has 1 aromatic carbocycles. The van der Waals surface area contributed by atoms with Crippen molar-refractivity contribution in [3.05, 3.63) is 58.9 Å². The molecule has 0 radical (unpaired) electrons. The van der Waals surface area contributed by atoms with E-state index in [1.807, 2.05) is 41.4 Å². The maximum Gasteiger partial charge on any atom is 0.264 e. The van der Waals surface area contributed by atoms with Crippen LogP contribution in [0.25, 0.3) is 0 Å². The lowest BCUT2D eigenvalue weighted by atomic mass is 10.1. The van der Waals surface area contributed by atoms with Gasteiger partial charge < -0.3 is 9.64 Å². The lowest BCUT2D eigenvalue weighted by Crippen LogP contribution is -2.52. The van der Waals surface area contributed by atoms with Gasteiger partial charge in [-0.15, -0.1) is 0 Å². The molecule has 6 heteroatoms. The van der Waals surface area contributed by atoms with E-state index in [0.29, 0.717) is 11.4 Å². The summed E-state index contributed by atoms with van der Waals surface area (Å²) in [6.07, 6.45) is 2.00. The smallest absolute Gasteiger partial charge is 0.264 e. The Kier molecular flexibility index (Phi) is 4.59. The topological polar surface area (TPSA) is 45.7 Å². The van der Waals surface area contributed by atoms with E-state index in [4.69, 9.17) is 16.3 Å². The van der Waals surface area contributed by atoms with Crippen LogP contribution in [-0.2, 0) is 17.8 Å². The van der Waals surface area contributed by atoms with Gasteiger partial charge in [0.15, 0.2) is 6.10 Å². The highest BCUT2D eigenvalue weighted by molar-refractivity contribution is 6.30. The number of benzene rings is 1. The highest BCUT2D eigenvalue weighted by Crippen LogP contribution is 2.31. The molecule has 1 amide bonds. The minimum Gasteiger partial charge on any atom is -0.480 e. The average molecular weight is 358 g/mol. The molecule has 1 fully saturated rings. The molecular formula is C19H20ClN3O2. The van der Waals surface area contributed by atoms with Crippen molar-refractivity contribution in [1.29, 1.82) is 0 Å². The van der Waals surface area contributed by atoms with Gasteiger partial charge in [-0.05, 0) is 35.9 Å². The van der Waals surface area contributed by atoms with E-state index in [9.17, 15) is 4.79 Å². The molecule has 1 atom stereocenters. The molecular weight excluding hydrogens is 338 g/mol. The quantitative estimate of drug-likeness (QED) is 0.846. The number of amides is 1. The van der Waals surface area contributed by atoms with Gasteiger partial charge in [-0.2, -0.15) is 0 Å². The lowest BCUT2D eigenvalue weighted by Gasteiger charge is -2.35. The molecule has 4 rings (SSSR count). The van der Waals surface area contributed by atoms with Crippen LogP contribution in [0.15, 0.2) is 42.6 Å². The van der Waals surface area contributed by atoms with Crippen molar-refractivity contribution in [1.82, 2.24) is 14.8 Å². The Morgan fingerprint density at radius 2 is 2.04 bits per heavy atom. The number of piperazine rings is 1. The molecule has 0 bridgehead atoms. The van der Waals surface area contributed by atoms with Gasteiger partial charge in [-0.1, -0.05) is 17.7 Å². The van der Waals surface area contributed by atoms with Gasteiger partial charge in [0.25, 0.3) is 5.91 Å². The number of hydrogen-bond donors (Lipinski definition) is 0. The number of halogens is 1. The van der Waals surface area contributed by atoms with Gasteiger partial charge in [0.05, 0.1) is 5.69 Å². The van der Waals surface area contributed by atoms with Crippen LogP contribution >= 0.6 is 11.6 Å². The fraction of sp³-hybridized carbons (Fsp3) is 0.368. The Balaban J connectivity index is 1.32. The lowest BCUT2D eigenvalue weighted by molar-refractivity contribution is -0.139. The second kappa shape index (κ2) is 7.02. The minimum atomic E-state index is -0.421. The van der Waals surface area contributed by atoms with Crippen molar-refractivity contribution in [2.24, 2.45) is 0 Å². The van der Waals surface area contributed by atoms with Crippen LogP contribution in [0.2, 0.25) is 5.02 Å². The highest BCUT2D eigenvalue weighted by atomic mass is 35.5. The molecule has 1 saturated heterocycles. The number of nitrogens with zero attached hydrogens (tertiary/aromatic N) is 3. The van der Waals surface area contributed by atoms with Crippen LogP contribution in [0, 0.1) is 0 Å². The van der Waals surface area contributed by atoms with Crippen molar-refractivity contribution in [3.63, 3.8) is 0 Å². The standard InChI is InChI=1S/C19H20ClN3O2/c20-15-4-5-17-14(11-15)12-18(25-17)19(24)23-9-7-22(8-10-23)13-16-3-1-2-6-21-16/h1-6,11,18H,7-10,12-13H2/t18-/m1/s1. The number of rotatable bonds is 3. The van der Waals surface area contributed by atoms with Gasteiger partial charge in [0, 0.05) is 50.4 Å². The van der Waals surface area contributed by atoms with Gasteiger partial charge >= 0.3 is 0 Å². The fourth-order valence-corrected chi connectivity index (χ4v) is 3.60. The molecule has 1 aromatic heterocycles. The van der Waals surface area contributed by atoms with E-state index < -0.39 is 6.10 Å². The van der Waals surface area contributed by atoms with Crippen molar-refractivity contribution in [2.75, 3.05) is 26.2 Å². The Bertz CT molecular complexity index is 761. The first-order valence-corrected chi connectivity index (χ1v) is 8.93. The van der Waals surface area contributed by atoms with E-state index in [0.717, 1.165) is 49.7 Å². The molecule has 5 nitrogen and oxygen atoms in total. The van der Waals surface area contributed by atoms with E-state index in [2.05, 4.69) is 9.88 Å². The predicted octanol–water partition coefficient (Wildman–Crippen LogP) is 2.38. The SMILES string of the molecule is O=C([C@H]1Cc2cc(Cl)ccc2O1)N1CCN(Cc2ccccn2)CC1. The summed E-state index contributed by atoms with van der Waals surface area (Å²) < 4.78 is 5.83. The van der Waals surface area contributed by atoms with Crippen LogP contribution < -0.4 is 4.74 Å².